The van der Waals surface area contributed by atoms with Crippen LogP contribution in [0.15, 0.2) is 171 Å². The van der Waals surface area contributed by atoms with Crippen LogP contribution in [0.4, 0.5) is 0 Å². The molecule has 0 radical (unpaired) electrons. The lowest BCUT2D eigenvalue weighted by Crippen LogP contribution is -2.14. The van der Waals surface area contributed by atoms with E-state index < -0.39 is 29.8 Å². The number of rotatable bonds is 19. The summed E-state index contributed by atoms with van der Waals surface area (Å²) in [5.41, 5.74) is 4.21. The zero-order valence-electron chi connectivity index (χ0n) is 36.8. The molecule has 0 saturated heterocycles. The highest BCUT2D eigenvalue weighted by molar-refractivity contribution is 5.97. The Bertz CT molecular complexity index is 2840. The molecule has 6 rings (SSSR count). The van der Waals surface area contributed by atoms with E-state index in [1.807, 2.05) is 66.7 Å². The van der Waals surface area contributed by atoms with Crippen LogP contribution in [0.25, 0.3) is 0 Å². The minimum absolute atomic E-state index is 0.0189. The minimum atomic E-state index is -0.852. The number of carbonyl (C=O) groups is 5. The molecule has 0 aliphatic carbocycles. The lowest BCUT2D eigenvalue weighted by atomic mass is 10.1. The van der Waals surface area contributed by atoms with E-state index in [-0.39, 0.29) is 61.2 Å². The normalized spacial score (nSPS) is 10.1. The summed E-state index contributed by atoms with van der Waals surface area (Å²) < 4.78 is 38.2. The van der Waals surface area contributed by atoms with Crippen molar-refractivity contribution in [1.82, 2.24) is 0 Å². The quantitative estimate of drug-likeness (QED) is 0.0190. The Labute approximate surface area is 393 Å². The molecule has 0 aliphatic heterocycles. The highest BCUT2D eigenvalue weighted by Crippen LogP contribution is 2.28. The smallest absolute Gasteiger partial charge is 0.343 e. The van der Waals surface area contributed by atoms with Gasteiger partial charge in [0, 0.05) is 47.2 Å². The van der Waals surface area contributed by atoms with Crippen molar-refractivity contribution in [3.63, 3.8) is 0 Å². The van der Waals surface area contributed by atoms with E-state index in [4.69, 9.17) is 33.2 Å². The Morgan fingerprint density at radius 3 is 1.37 bits per heavy atom. The lowest BCUT2D eigenvalue weighted by molar-refractivity contribution is -0.138. The van der Waals surface area contributed by atoms with Gasteiger partial charge in [0.05, 0.1) is 37.6 Å². The van der Waals surface area contributed by atoms with Crippen molar-refractivity contribution in [3.05, 3.63) is 215 Å². The van der Waals surface area contributed by atoms with Crippen LogP contribution >= 0.6 is 0 Å². The van der Waals surface area contributed by atoms with Crippen LogP contribution in [0.2, 0.25) is 0 Å². The third-order valence-electron chi connectivity index (χ3n) is 9.39. The van der Waals surface area contributed by atoms with Gasteiger partial charge in [-0.2, -0.15) is 0 Å². The predicted octanol–water partition coefficient (Wildman–Crippen LogP) is 9.28. The van der Waals surface area contributed by atoms with Gasteiger partial charge in [-0.15, -0.1) is 0 Å². The van der Waals surface area contributed by atoms with Crippen LogP contribution in [0.5, 0.6) is 23.0 Å². The summed E-state index contributed by atoms with van der Waals surface area (Å²) in [4.78, 5) is 62.7. The molecule has 0 spiro atoms. The second-order valence-corrected chi connectivity index (χ2v) is 14.3. The zero-order chi connectivity index (χ0) is 47.9. The van der Waals surface area contributed by atoms with Crippen LogP contribution in [0.3, 0.4) is 0 Å². The van der Waals surface area contributed by atoms with Crippen molar-refractivity contribution in [2.45, 2.75) is 19.4 Å². The van der Waals surface area contributed by atoms with Crippen molar-refractivity contribution in [3.8, 4) is 46.7 Å². The summed E-state index contributed by atoms with van der Waals surface area (Å²) in [6.45, 7) is 7.41. The van der Waals surface area contributed by atoms with Crippen molar-refractivity contribution >= 4 is 29.8 Å². The van der Waals surface area contributed by atoms with Gasteiger partial charge in [-0.05, 0) is 121 Å². The molecule has 340 valence electrons. The average molecular weight is 909 g/mol. The van der Waals surface area contributed by atoms with Crippen molar-refractivity contribution < 1.29 is 57.1 Å². The molecule has 0 saturated carbocycles. The van der Waals surface area contributed by atoms with E-state index in [9.17, 15) is 24.0 Å². The van der Waals surface area contributed by atoms with Crippen LogP contribution < -0.4 is 18.9 Å². The summed E-state index contributed by atoms with van der Waals surface area (Å²) in [6, 6.07) is 40.9. The van der Waals surface area contributed by atoms with Gasteiger partial charge in [0.15, 0.2) is 0 Å². The SMILES string of the molecule is C=CC(=O)OCCCOc1ccc(C(=O)Oc2ccc(OC(=O)c3ccc(OCCCOC(=O)C=C)cc3)c(C(=O)OCc3ccc(C#Cc4ccc(C#Cc5ccccc5)cc4)cc3)c2)cc1. The van der Waals surface area contributed by atoms with E-state index in [1.54, 1.807) is 36.4 Å². The second-order valence-electron chi connectivity index (χ2n) is 14.3. The van der Waals surface area contributed by atoms with Gasteiger partial charge in [0.2, 0.25) is 0 Å². The third kappa shape index (κ3) is 15.5. The van der Waals surface area contributed by atoms with Crippen LogP contribution in [-0.2, 0) is 30.4 Å². The van der Waals surface area contributed by atoms with E-state index in [1.165, 1.54) is 42.5 Å². The van der Waals surface area contributed by atoms with E-state index in [2.05, 4.69) is 36.8 Å². The second kappa shape index (κ2) is 25.4. The third-order valence-corrected chi connectivity index (χ3v) is 9.39. The monoisotopic (exact) mass is 908 g/mol. The van der Waals surface area contributed by atoms with Gasteiger partial charge in [-0.25, -0.2) is 24.0 Å². The summed E-state index contributed by atoms with van der Waals surface area (Å²) >= 11 is 0. The molecule has 0 atom stereocenters. The predicted molar refractivity (Wildman–Crippen MR) is 252 cm³/mol. The highest BCUT2D eigenvalue weighted by Gasteiger charge is 2.21. The van der Waals surface area contributed by atoms with Crippen LogP contribution in [-0.4, -0.2) is 56.3 Å². The number of esters is 5. The van der Waals surface area contributed by atoms with E-state index >= 15 is 0 Å². The fourth-order valence-electron chi connectivity index (χ4n) is 5.84. The molecule has 6 aromatic rings. The zero-order valence-corrected chi connectivity index (χ0v) is 36.8. The molecule has 12 nitrogen and oxygen atoms in total. The number of benzene rings is 6. The minimum Gasteiger partial charge on any atom is -0.493 e. The fourth-order valence-corrected chi connectivity index (χ4v) is 5.84. The molecular formula is C56H44O12. The average Bonchev–Trinajstić information content (AvgIpc) is 3.38. The van der Waals surface area contributed by atoms with Gasteiger partial charge in [0.25, 0.3) is 0 Å². The lowest BCUT2D eigenvalue weighted by Gasteiger charge is -2.13. The number of hydrogen-bond donors (Lipinski definition) is 0. The molecule has 0 fully saturated rings. The highest BCUT2D eigenvalue weighted by atomic mass is 16.6. The fraction of sp³-hybridized carbons (Fsp3) is 0.125. The Morgan fingerprint density at radius 2 is 0.882 bits per heavy atom. The van der Waals surface area contributed by atoms with Gasteiger partial charge in [0.1, 0.15) is 35.2 Å². The molecular weight excluding hydrogens is 865 g/mol. The maximum atomic E-state index is 13.7. The van der Waals surface area contributed by atoms with Gasteiger partial charge in [-0.3, -0.25) is 0 Å². The van der Waals surface area contributed by atoms with Gasteiger partial charge in [-0.1, -0.05) is 67.2 Å². The summed E-state index contributed by atoms with van der Waals surface area (Å²) in [6.07, 6.45) is 3.05. The largest absolute Gasteiger partial charge is 0.493 e. The number of ether oxygens (including phenoxy) is 7. The maximum absolute atomic E-state index is 13.7. The molecule has 0 amide bonds. The molecule has 0 bridgehead atoms. The number of hydrogen-bond acceptors (Lipinski definition) is 12. The Hall–Kier alpha value is -9.13. The van der Waals surface area contributed by atoms with Crippen molar-refractivity contribution in [2.24, 2.45) is 0 Å². The molecule has 68 heavy (non-hydrogen) atoms. The molecule has 0 unspecified atom stereocenters. The number of carbonyl (C=O) groups excluding carboxylic acids is 5. The Kier molecular flexibility index (Phi) is 18.0. The Morgan fingerprint density at radius 1 is 0.441 bits per heavy atom. The van der Waals surface area contributed by atoms with E-state index in [0.29, 0.717) is 29.9 Å². The summed E-state index contributed by atoms with van der Waals surface area (Å²) in [5, 5.41) is 0. The standard InChI is InChI=1S/C56H44O12/c1-3-52(57)64-36-8-34-62-47-28-24-45(25-29-47)54(59)67-49-32-33-51(68-55(60)46-26-30-48(31-27-46)63-35-9-37-65-53(58)4-2)50(38-49)56(61)66-39-44-22-20-43(21-23-44)19-18-42-16-14-41(15-17-42)13-12-40-10-6-5-7-11-40/h3-7,10-11,14-17,20-33,38H,1-2,8-9,34-37,39H2. The molecule has 0 heterocycles. The van der Waals surface area contributed by atoms with Gasteiger partial charge >= 0.3 is 29.8 Å². The molecule has 0 aromatic heterocycles. The topological polar surface area (TPSA) is 150 Å². The first-order valence-electron chi connectivity index (χ1n) is 21.2. The van der Waals surface area contributed by atoms with Crippen molar-refractivity contribution in [2.75, 3.05) is 26.4 Å². The summed E-state index contributed by atoms with van der Waals surface area (Å²) in [7, 11) is 0. The first-order chi connectivity index (χ1) is 33.1. The summed E-state index contributed by atoms with van der Waals surface area (Å²) in [5.74, 6) is 9.96. The molecule has 6 aromatic carbocycles. The molecule has 0 N–H and O–H groups in total. The Balaban J connectivity index is 1.09. The van der Waals surface area contributed by atoms with Crippen LogP contribution in [0.1, 0.15) is 71.7 Å². The van der Waals surface area contributed by atoms with Gasteiger partial charge < -0.3 is 33.2 Å². The first-order valence-corrected chi connectivity index (χ1v) is 21.2. The first kappa shape index (κ1) is 48.3. The maximum Gasteiger partial charge on any atom is 0.343 e. The van der Waals surface area contributed by atoms with Crippen molar-refractivity contribution in [1.29, 1.82) is 0 Å². The van der Waals surface area contributed by atoms with E-state index in [0.717, 1.165) is 34.4 Å². The molecule has 0 aliphatic rings. The molecule has 12 heteroatoms. The van der Waals surface area contributed by atoms with Crippen LogP contribution in [0, 0.1) is 23.7 Å².